The molecule has 0 fully saturated rings. The van der Waals surface area contributed by atoms with E-state index in [1.54, 1.807) is 30.1 Å². The number of halogens is 2. The summed E-state index contributed by atoms with van der Waals surface area (Å²) in [5.41, 5.74) is 3.94. The molecular weight excluding hydrogens is 487 g/mol. The Kier molecular flexibility index (Phi) is 9.87. The normalized spacial score (nSPS) is 11.6. The molecule has 0 aliphatic rings. The highest BCUT2D eigenvalue weighted by Crippen LogP contribution is 2.27. The summed E-state index contributed by atoms with van der Waals surface area (Å²) >= 11 is 14.4. The largest absolute Gasteiger partial charge is 0.357 e. The van der Waals surface area contributed by atoms with Crippen LogP contribution in [0.4, 0.5) is 0 Å². The number of amides is 2. The standard InChI is InChI=1S/C27H28Cl2N2O2S/c1-19-11-13-21(14-12-19)17-34-18-26(32)31(16-22-23(28)9-6-10-24(22)29)25(27(33)30-2)15-20-7-4-3-5-8-20/h3-14,25H,15-18H2,1-2H3,(H,30,33)/t25-/m1/s1. The van der Waals surface area contributed by atoms with Gasteiger partial charge in [-0.3, -0.25) is 9.59 Å². The molecule has 0 radical (unpaired) electrons. The maximum atomic E-state index is 13.5. The van der Waals surface area contributed by atoms with E-state index in [-0.39, 0.29) is 24.1 Å². The van der Waals surface area contributed by atoms with Crippen molar-refractivity contribution in [2.45, 2.75) is 31.7 Å². The first-order chi connectivity index (χ1) is 16.4. The quantitative estimate of drug-likeness (QED) is 0.365. The lowest BCUT2D eigenvalue weighted by Crippen LogP contribution is -2.50. The summed E-state index contributed by atoms with van der Waals surface area (Å²) in [5.74, 6) is 0.565. The molecule has 0 bridgehead atoms. The van der Waals surface area contributed by atoms with Crippen molar-refractivity contribution in [2.24, 2.45) is 0 Å². The number of hydrogen-bond acceptors (Lipinski definition) is 3. The Hall–Kier alpha value is -2.47. The smallest absolute Gasteiger partial charge is 0.242 e. The van der Waals surface area contributed by atoms with E-state index >= 15 is 0 Å². The van der Waals surface area contributed by atoms with Crippen LogP contribution in [-0.2, 0) is 28.3 Å². The summed E-state index contributed by atoms with van der Waals surface area (Å²) in [7, 11) is 1.58. The van der Waals surface area contributed by atoms with Gasteiger partial charge in [-0.25, -0.2) is 0 Å². The first-order valence-electron chi connectivity index (χ1n) is 11.0. The summed E-state index contributed by atoms with van der Waals surface area (Å²) in [5, 5.41) is 3.65. The van der Waals surface area contributed by atoms with Gasteiger partial charge in [0, 0.05) is 41.4 Å². The maximum absolute atomic E-state index is 13.5. The lowest BCUT2D eigenvalue weighted by atomic mass is 10.0. The van der Waals surface area contributed by atoms with Crippen molar-refractivity contribution in [2.75, 3.05) is 12.8 Å². The Morgan fingerprint density at radius 3 is 2.18 bits per heavy atom. The average Bonchev–Trinajstić information content (AvgIpc) is 2.84. The number of carbonyl (C=O) groups excluding carboxylic acids is 2. The minimum atomic E-state index is -0.702. The predicted octanol–water partition coefficient (Wildman–Crippen LogP) is 5.92. The zero-order valence-corrected chi connectivity index (χ0v) is 21.6. The van der Waals surface area contributed by atoms with Crippen LogP contribution in [0, 0.1) is 6.92 Å². The third-order valence-electron chi connectivity index (χ3n) is 5.52. The van der Waals surface area contributed by atoms with Crippen LogP contribution in [0.5, 0.6) is 0 Å². The zero-order chi connectivity index (χ0) is 24.5. The number of rotatable bonds is 10. The number of likely N-dealkylation sites (N-methyl/N-ethyl adjacent to an activating group) is 1. The Bertz CT molecular complexity index is 1090. The molecule has 2 amide bonds. The first kappa shape index (κ1) is 26.1. The number of hydrogen-bond donors (Lipinski definition) is 1. The predicted molar refractivity (Wildman–Crippen MR) is 142 cm³/mol. The van der Waals surface area contributed by atoms with Gasteiger partial charge in [0.2, 0.25) is 11.8 Å². The summed E-state index contributed by atoms with van der Waals surface area (Å²) in [6.45, 7) is 2.19. The molecule has 178 valence electrons. The van der Waals surface area contributed by atoms with E-state index in [1.165, 1.54) is 17.3 Å². The number of thioether (sulfide) groups is 1. The molecule has 3 rings (SSSR count). The van der Waals surface area contributed by atoms with Crippen LogP contribution < -0.4 is 5.32 Å². The number of nitrogens with zero attached hydrogens (tertiary/aromatic N) is 1. The van der Waals surface area contributed by atoms with Gasteiger partial charge in [-0.2, -0.15) is 0 Å². The van der Waals surface area contributed by atoms with Crippen molar-refractivity contribution in [1.82, 2.24) is 10.2 Å². The molecule has 0 spiro atoms. The van der Waals surface area contributed by atoms with Crippen molar-refractivity contribution in [3.63, 3.8) is 0 Å². The van der Waals surface area contributed by atoms with Gasteiger partial charge in [-0.15, -0.1) is 11.8 Å². The van der Waals surface area contributed by atoms with E-state index in [0.717, 1.165) is 11.1 Å². The number of carbonyl (C=O) groups is 2. The van der Waals surface area contributed by atoms with Gasteiger partial charge in [-0.1, -0.05) is 89.4 Å². The second kappa shape index (κ2) is 12.8. The van der Waals surface area contributed by atoms with Crippen molar-refractivity contribution in [1.29, 1.82) is 0 Å². The van der Waals surface area contributed by atoms with Gasteiger partial charge >= 0.3 is 0 Å². The molecule has 0 saturated heterocycles. The van der Waals surface area contributed by atoms with Gasteiger partial charge in [0.25, 0.3) is 0 Å². The van der Waals surface area contributed by atoms with Gasteiger partial charge in [0.1, 0.15) is 6.04 Å². The Balaban J connectivity index is 1.85. The second-order valence-electron chi connectivity index (χ2n) is 8.02. The van der Waals surface area contributed by atoms with Gasteiger partial charge in [-0.05, 0) is 30.2 Å². The van der Waals surface area contributed by atoms with E-state index in [0.29, 0.717) is 27.8 Å². The molecular formula is C27H28Cl2N2O2S. The Labute approximate surface area is 215 Å². The molecule has 0 saturated carbocycles. The Morgan fingerprint density at radius 1 is 0.912 bits per heavy atom. The first-order valence-corrected chi connectivity index (χ1v) is 12.9. The number of benzene rings is 3. The van der Waals surface area contributed by atoms with Crippen molar-refractivity contribution in [3.05, 3.63) is 105 Å². The molecule has 1 atom stereocenters. The minimum Gasteiger partial charge on any atom is -0.357 e. The SMILES string of the molecule is CNC(=O)[C@@H](Cc1ccccc1)N(Cc1c(Cl)cccc1Cl)C(=O)CSCc1ccc(C)cc1. The molecule has 0 aromatic heterocycles. The third-order valence-corrected chi connectivity index (χ3v) is 7.22. The van der Waals surface area contributed by atoms with Crippen LogP contribution in [0.2, 0.25) is 10.0 Å². The van der Waals surface area contributed by atoms with Crippen molar-refractivity contribution in [3.8, 4) is 0 Å². The van der Waals surface area contributed by atoms with E-state index < -0.39 is 6.04 Å². The molecule has 4 nitrogen and oxygen atoms in total. The van der Waals surface area contributed by atoms with Crippen molar-refractivity contribution >= 4 is 46.8 Å². The molecule has 7 heteroatoms. The van der Waals surface area contributed by atoms with E-state index in [9.17, 15) is 9.59 Å². The van der Waals surface area contributed by atoms with Crippen LogP contribution in [-0.4, -0.2) is 35.6 Å². The molecule has 3 aromatic rings. The fraction of sp³-hybridized carbons (Fsp3) is 0.259. The van der Waals surface area contributed by atoms with Crippen LogP contribution in [0.1, 0.15) is 22.3 Å². The topological polar surface area (TPSA) is 49.4 Å². The lowest BCUT2D eigenvalue weighted by molar-refractivity contribution is -0.139. The number of nitrogens with one attached hydrogen (secondary N) is 1. The molecule has 0 unspecified atom stereocenters. The highest BCUT2D eigenvalue weighted by atomic mass is 35.5. The highest BCUT2D eigenvalue weighted by molar-refractivity contribution is 7.99. The summed E-state index contributed by atoms with van der Waals surface area (Å²) < 4.78 is 0. The van der Waals surface area contributed by atoms with Crippen LogP contribution >= 0.6 is 35.0 Å². The summed E-state index contributed by atoms with van der Waals surface area (Å²) in [6.07, 6.45) is 0.386. The average molecular weight is 516 g/mol. The van der Waals surface area contributed by atoms with Gasteiger partial charge < -0.3 is 10.2 Å². The number of aryl methyl sites for hydroxylation is 1. The Morgan fingerprint density at radius 2 is 1.56 bits per heavy atom. The third kappa shape index (κ3) is 7.26. The van der Waals surface area contributed by atoms with Crippen molar-refractivity contribution < 1.29 is 9.59 Å². The van der Waals surface area contributed by atoms with Gasteiger partial charge in [0.05, 0.1) is 5.75 Å². The fourth-order valence-electron chi connectivity index (χ4n) is 3.60. The summed E-state index contributed by atoms with van der Waals surface area (Å²) in [4.78, 5) is 28.1. The maximum Gasteiger partial charge on any atom is 0.242 e. The lowest BCUT2D eigenvalue weighted by Gasteiger charge is -2.31. The van der Waals surface area contributed by atoms with E-state index in [1.807, 2.05) is 37.3 Å². The molecule has 34 heavy (non-hydrogen) atoms. The zero-order valence-electron chi connectivity index (χ0n) is 19.3. The second-order valence-corrected chi connectivity index (χ2v) is 9.82. The highest BCUT2D eigenvalue weighted by Gasteiger charge is 2.30. The van der Waals surface area contributed by atoms with Gasteiger partial charge in [0.15, 0.2) is 0 Å². The molecule has 3 aromatic carbocycles. The molecule has 0 aliphatic heterocycles. The molecule has 0 heterocycles. The van der Waals surface area contributed by atoms with Crippen LogP contribution in [0.25, 0.3) is 0 Å². The van der Waals surface area contributed by atoms with E-state index in [2.05, 4.69) is 29.6 Å². The monoisotopic (exact) mass is 514 g/mol. The minimum absolute atomic E-state index is 0.141. The summed E-state index contributed by atoms with van der Waals surface area (Å²) in [6, 6.07) is 22.5. The molecule has 1 N–H and O–H groups in total. The van der Waals surface area contributed by atoms with Crippen LogP contribution in [0.15, 0.2) is 72.8 Å². The molecule has 0 aliphatic carbocycles. The van der Waals surface area contributed by atoms with E-state index in [4.69, 9.17) is 23.2 Å². The van der Waals surface area contributed by atoms with Crippen LogP contribution in [0.3, 0.4) is 0 Å². The fourth-order valence-corrected chi connectivity index (χ4v) is 4.99.